The van der Waals surface area contributed by atoms with Crippen molar-refractivity contribution in [3.63, 3.8) is 0 Å². The molecule has 0 saturated carbocycles. The minimum absolute atomic E-state index is 0.581. The smallest absolute Gasteiger partial charge is 0.193 e. The number of guanidine groups is 1. The number of hydrogen-bond acceptors (Lipinski definition) is 4. The van der Waals surface area contributed by atoms with Gasteiger partial charge in [0.1, 0.15) is 0 Å². The molecule has 1 heterocycles. The van der Waals surface area contributed by atoms with Crippen LogP contribution in [0.5, 0.6) is 0 Å². The highest BCUT2D eigenvalue weighted by Crippen LogP contribution is 2.19. The summed E-state index contributed by atoms with van der Waals surface area (Å²) in [5, 5.41) is 3.43. The highest BCUT2D eigenvalue weighted by Gasteiger charge is 2.24. The number of rotatable bonds is 10. The van der Waals surface area contributed by atoms with E-state index in [1.807, 2.05) is 11.8 Å². The van der Waals surface area contributed by atoms with Gasteiger partial charge in [-0.05, 0) is 32.4 Å². The van der Waals surface area contributed by atoms with Crippen LogP contribution in [0.2, 0.25) is 0 Å². The Kier molecular flexibility index (Phi) is 9.89. The number of thioether (sulfide) groups is 1. The average molecular weight is 380 g/mol. The molecule has 5 nitrogen and oxygen atoms in total. The molecule has 2 rings (SSSR count). The summed E-state index contributed by atoms with van der Waals surface area (Å²) in [6, 6.07) is 8.69. The number of benzene rings is 1. The molecule has 1 fully saturated rings. The lowest BCUT2D eigenvalue weighted by atomic mass is 10.1. The molecule has 0 aliphatic carbocycles. The van der Waals surface area contributed by atoms with Crippen LogP contribution in [-0.4, -0.2) is 69.7 Å². The van der Waals surface area contributed by atoms with Crippen LogP contribution in [0.15, 0.2) is 34.2 Å². The number of hydrogen-bond donors (Lipinski definition) is 1. The van der Waals surface area contributed by atoms with E-state index in [4.69, 9.17) is 14.5 Å². The topological polar surface area (TPSA) is 46.1 Å². The molecule has 1 aromatic carbocycles. The van der Waals surface area contributed by atoms with E-state index in [-0.39, 0.29) is 0 Å². The molecule has 1 aromatic rings. The Morgan fingerprint density at radius 3 is 2.85 bits per heavy atom. The van der Waals surface area contributed by atoms with Crippen LogP contribution in [0.4, 0.5) is 0 Å². The normalized spacial score (nSPS) is 17.7. The number of nitrogens with zero attached hydrogens (tertiary/aromatic N) is 2. The second-order valence-corrected chi connectivity index (χ2v) is 7.73. The van der Waals surface area contributed by atoms with Gasteiger partial charge in [0.2, 0.25) is 0 Å². The van der Waals surface area contributed by atoms with Crippen LogP contribution in [-0.2, 0) is 9.47 Å². The summed E-state index contributed by atoms with van der Waals surface area (Å²) < 4.78 is 10.7. The molecule has 0 radical (unpaired) electrons. The highest BCUT2D eigenvalue weighted by atomic mass is 32.2. The summed E-state index contributed by atoms with van der Waals surface area (Å²) in [6.07, 6.45) is 1.16. The fourth-order valence-electron chi connectivity index (χ4n) is 2.93. The van der Waals surface area contributed by atoms with Crippen LogP contribution < -0.4 is 5.32 Å². The lowest BCUT2D eigenvalue weighted by molar-refractivity contribution is 0.0536. The van der Waals surface area contributed by atoms with E-state index in [1.165, 1.54) is 10.5 Å². The molecule has 0 bridgehead atoms. The van der Waals surface area contributed by atoms with Crippen molar-refractivity contribution in [2.24, 2.45) is 10.9 Å². The monoisotopic (exact) mass is 379 g/mol. The molecule has 1 N–H and O–H groups in total. The zero-order valence-electron chi connectivity index (χ0n) is 16.4. The van der Waals surface area contributed by atoms with Crippen LogP contribution in [0, 0.1) is 12.8 Å². The molecule has 0 aromatic heterocycles. The predicted octanol–water partition coefficient (Wildman–Crippen LogP) is 3.04. The quantitative estimate of drug-likeness (QED) is 0.293. The molecule has 0 spiro atoms. The van der Waals surface area contributed by atoms with Crippen molar-refractivity contribution in [2.45, 2.75) is 25.2 Å². The van der Waals surface area contributed by atoms with Crippen molar-refractivity contribution in [1.29, 1.82) is 0 Å². The Morgan fingerprint density at radius 2 is 2.12 bits per heavy atom. The molecule has 1 unspecified atom stereocenters. The second-order valence-electron chi connectivity index (χ2n) is 6.57. The molecule has 1 aliphatic heterocycles. The summed E-state index contributed by atoms with van der Waals surface area (Å²) in [5.41, 5.74) is 1.30. The molecule has 0 amide bonds. The van der Waals surface area contributed by atoms with Gasteiger partial charge >= 0.3 is 0 Å². The first-order chi connectivity index (χ1) is 12.7. The first-order valence-electron chi connectivity index (χ1n) is 9.52. The number of likely N-dealkylation sites (tertiary alicyclic amines) is 1. The van der Waals surface area contributed by atoms with E-state index in [2.05, 4.69) is 48.3 Å². The van der Waals surface area contributed by atoms with Gasteiger partial charge < -0.3 is 19.7 Å². The maximum Gasteiger partial charge on any atom is 0.193 e. The third kappa shape index (κ3) is 7.56. The lowest BCUT2D eigenvalue weighted by Crippen LogP contribution is -2.40. The van der Waals surface area contributed by atoms with E-state index in [9.17, 15) is 0 Å². The van der Waals surface area contributed by atoms with Gasteiger partial charge in [-0.2, -0.15) is 0 Å². The van der Waals surface area contributed by atoms with Crippen molar-refractivity contribution in [3.05, 3.63) is 29.8 Å². The SMILES string of the molecule is CCNC(=NCCSc1ccc(C)cc1)N1CCC(COCCOC)C1. The number of aliphatic imine (C=N–C) groups is 1. The van der Waals surface area contributed by atoms with Gasteiger partial charge in [-0.15, -0.1) is 11.8 Å². The van der Waals surface area contributed by atoms with Crippen LogP contribution in [0.25, 0.3) is 0 Å². The Balaban J connectivity index is 1.74. The van der Waals surface area contributed by atoms with Crippen LogP contribution in [0.1, 0.15) is 18.9 Å². The van der Waals surface area contributed by atoms with Crippen molar-refractivity contribution < 1.29 is 9.47 Å². The summed E-state index contributed by atoms with van der Waals surface area (Å²) in [5.74, 6) is 2.61. The van der Waals surface area contributed by atoms with Crippen molar-refractivity contribution >= 4 is 17.7 Å². The molecule has 1 aliphatic rings. The third-order valence-corrected chi connectivity index (χ3v) is 5.34. The number of methoxy groups -OCH3 is 1. The molecule has 6 heteroatoms. The summed E-state index contributed by atoms with van der Waals surface area (Å²) in [7, 11) is 1.71. The maximum atomic E-state index is 5.69. The maximum absolute atomic E-state index is 5.69. The van der Waals surface area contributed by atoms with E-state index < -0.39 is 0 Å². The number of aryl methyl sites for hydroxylation is 1. The zero-order valence-corrected chi connectivity index (χ0v) is 17.2. The first kappa shape index (κ1) is 21.1. The van der Waals surface area contributed by atoms with Gasteiger partial charge in [0.15, 0.2) is 5.96 Å². The van der Waals surface area contributed by atoms with E-state index >= 15 is 0 Å². The summed E-state index contributed by atoms with van der Waals surface area (Å²) in [4.78, 5) is 8.50. The fourth-order valence-corrected chi connectivity index (χ4v) is 3.68. The molecular weight excluding hydrogens is 346 g/mol. The Hall–Kier alpha value is -1.24. The molecule has 1 saturated heterocycles. The Bertz CT molecular complexity index is 536. The average Bonchev–Trinajstić information content (AvgIpc) is 3.12. The molecular formula is C20H33N3O2S. The lowest BCUT2D eigenvalue weighted by Gasteiger charge is -2.21. The predicted molar refractivity (Wildman–Crippen MR) is 110 cm³/mol. The van der Waals surface area contributed by atoms with E-state index in [0.717, 1.165) is 50.9 Å². The molecule has 146 valence electrons. The van der Waals surface area contributed by atoms with Gasteiger partial charge in [0.25, 0.3) is 0 Å². The largest absolute Gasteiger partial charge is 0.382 e. The zero-order chi connectivity index (χ0) is 18.6. The standard InChI is InChI=1S/C20H33N3O2S/c1-4-21-20(22-10-14-26-19-7-5-17(2)6-8-19)23-11-9-18(15-23)16-25-13-12-24-3/h5-8,18H,4,9-16H2,1-3H3,(H,21,22). The van der Waals surface area contributed by atoms with Crippen LogP contribution in [0.3, 0.4) is 0 Å². The molecule has 26 heavy (non-hydrogen) atoms. The Labute approximate surface area is 162 Å². The van der Waals surface area contributed by atoms with Crippen molar-refractivity contribution in [3.8, 4) is 0 Å². The minimum Gasteiger partial charge on any atom is -0.382 e. The molecule has 1 atom stereocenters. The van der Waals surface area contributed by atoms with Gasteiger partial charge in [-0.3, -0.25) is 4.99 Å². The summed E-state index contributed by atoms with van der Waals surface area (Å²) >= 11 is 1.86. The van der Waals surface area contributed by atoms with Gasteiger partial charge in [-0.1, -0.05) is 17.7 Å². The first-order valence-corrected chi connectivity index (χ1v) is 10.5. The van der Waals surface area contributed by atoms with Gasteiger partial charge in [0, 0.05) is 43.3 Å². The van der Waals surface area contributed by atoms with Crippen molar-refractivity contribution in [1.82, 2.24) is 10.2 Å². The fraction of sp³-hybridized carbons (Fsp3) is 0.650. The van der Waals surface area contributed by atoms with Gasteiger partial charge in [0.05, 0.1) is 26.4 Å². The highest BCUT2D eigenvalue weighted by molar-refractivity contribution is 7.99. The van der Waals surface area contributed by atoms with E-state index in [0.29, 0.717) is 19.1 Å². The Morgan fingerprint density at radius 1 is 1.31 bits per heavy atom. The summed E-state index contributed by atoms with van der Waals surface area (Å²) in [6.45, 7) is 10.2. The third-order valence-electron chi connectivity index (χ3n) is 4.35. The minimum atomic E-state index is 0.581. The van der Waals surface area contributed by atoms with Gasteiger partial charge in [-0.25, -0.2) is 0 Å². The number of ether oxygens (including phenoxy) is 2. The van der Waals surface area contributed by atoms with Crippen LogP contribution >= 0.6 is 11.8 Å². The second kappa shape index (κ2) is 12.2. The number of nitrogens with one attached hydrogen (secondary N) is 1. The van der Waals surface area contributed by atoms with E-state index in [1.54, 1.807) is 7.11 Å². The van der Waals surface area contributed by atoms with Crippen molar-refractivity contribution in [2.75, 3.05) is 58.9 Å².